The molecule has 1 unspecified atom stereocenters. The number of nitrogens with zero attached hydrogens (tertiary/aromatic N) is 2. The fourth-order valence-electron chi connectivity index (χ4n) is 2.41. The van der Waals surface area contributed by atoms with Crippen LogP contribution in [0.1, 0.15) is 18.1 Å². The van der Waals surface area contributed by atoms with Crippen LogP contribution in [-0.4, -0.2) is 9.78 Å². The second-order valence-electron chi connectivity index (χ2n) is 5.81. The molecule has 3 nitrogen and oxygen atoms in total. The van der Waals surface area contributed by atoms with E-state index >= 15 is 0 Å². The zero-order valence-electron chi connectivity index (χ0n) is 13.4. The molecule has 0 radical (unpaired) electrons. The zero-order chi connectivity index (χ0) is 18.0. The quantitative estimate of drug-likeness (QED) is 0.390. The lowest BCUT2D eigenvalue weighted by Gasteiger charge is -2.13. The molecule has 1 aromatic heterocycles. The molecule has 128 valence electrons. The van der Waals surface area contributed by atoms with Crippen molar-refractivity contribution in [3.05, 3.63) is 87.2 Å². The smallest absolute Gasteiger partial charge is 0.267 e. The maximum Gasteiger partial charge on any atom is 0.267 e. The number of benzene rings is 2. The molecule has 0 aliphatic carbocycles. The second kappa shape index (κ2) is 7.25. The van der Waals surface area contributed by atoms with Crippen molar-refractivity contribution in [2.24, 2.45) is 0 Å². The van der Waals surface area contributed by atoms with Gasteiger partial charge in [-0.3, -0.25) is 4.79 Å². The standard InChI is InChI=1S/C19H15ClFIN2O/c1-19(21,22)15-6-2-13(3-7-15)12-24-18(25)11-10-17(23-24)14-4-8-16(20)9-5-14/h2-11H,12H2,1H3. The molecule has 0 saturated heterocycles. The molecule has 0 aliphatic heterocycles. The van der Waals surface area contributed by atoms with Gasteiger partial charge in [0.2, 0.25) is 0 Å². The highest BCUT2D eigenvalue weighted by molar-refractivity contribution is 14.1. The number of hydrogen-bond acceptors (Lipinski definition) is 2. The van der Waals surface area contributed by atoms with Crippen LogP contribution in [0.15, 0.2) is 65.5 Å². The predicted molar refractivity (Wildman–Crippen MR) is 107 cm³/mol. The highest BCUT2D eigenvalue weighted by Gasteiger charge is 2.20. The van der Waals surface area contributed by atoms with Gasteiger partial charge in [0, 0.05) is 16.7 Å². The van der Waals surface area contributed by atoms with E-state index in [9.17, 15) is 9.18 Å². The molecule has 0 fully saturated rings. The summed E-state index contributed by atoms with van der Waals surface area (Å²) in [6, 6.07) is 17.6. The van der Waals surface area contributed by atoms with Gasteiger partial charge in [0.15, 0.2) is 3.68 Å². The molecule has 0 spiro atoms. The van der Waals surface area contributed by atoms with Crippen molar-refractivity contribution in [3.63, 3.8) is 0 Å². The molecule has 1 heterocycles. The van der Waals surface area contributed by atoms with Crippen molar-refractivity contribution in [1.29, 1.82) is 0 Å². The van der Waals surface area contributed by atoms with E-state index in [1.165, 1.54) is 17.7 Å². The minimum absolute atomic E-state index is 0.189. The van der Waals surface area contributed by atoms with Crippen LogP contribution in [0.4, 0.5) is 4.39 Å². The predicted octanol–water partition coefficient (Wildman–Crippen LogP) is 5.19. The molecule has 3 aromatic rings. The van der Waals surface area contributed by atoms with E-state index in [0.29, 0.717) is 22.8 Å². The van der Waals surface area contributed by atoms with Gasteiger partial charge in [-0.25, -0.2) is 9.07 Å². The van der Waals surface area contributed by atoms with E-state index in [4.69, 9.17) is 11.6 Å². The lowest BCUT2D eigenvalue weighted by Crippen LogP contribution is -2.22. The summed E-state index contributed by atoms with van der Waals surface area (Å²) in [6.45, 7) is 1.83. The van der Waals surface area contributed by atoms with Crippen molar-refractivity contribution < 1.29 is 4.39 Å². The van der Waals surface area contributed by atoms with Crippen LogP contribution in [0.5, 0.6) is 0 Å². The second-order valence-corrected chi connectivity index (χ2v) is 8.27. The Labute approximate surface area is 163 Å². The Bertz CT molecular complexity index is 931. The molecule has 0 amide bonds. The zero-order valence-corrected chi connectivity index (χ0v) is 16.3. The third kappa shape index (κ3) is 4.46. The summed E-state index contributed by atoms with van der Waals surface area (Å²) in [5, 5.41) is 5.07. The van der Waals surface area contributed by atoms with Gasteiger partial charge in [0.25, 0.3) is 5.56 Å². The molecule has 2 aromatic carbocycles. The fraction of sp³-hybridized carbons (Fsp3) is 0.158. The number of hydrogen-bond donors (Lipinski definition) is 0. The number of halogens is 3. The molecule has 0 saturated carbocycles. The van der Waals surface area contributed by atoms with Gasteiger partial charge in [-0.2, -0.15) is 5.10 Å². The van der Waals surface area contributed by atoms with Gasteiger partial charge in [0.1, 0.15) is 0 Å². The van der Waals surface area contributed by atoms with Crippen molar-refractivity contribution in [2.45, 2.75) is 17.1 Å². The number of rotatable bonds is 4. The molecule has 25 heavy (non-hydrogen) atoms. The Hall–Kier alpha value is -1.73. The fourth-order valence-corrected chi connectivity index (χ4v) is 2.90. The lowest BCUT2D eigenvalue weighted by molar-refractivity contribution is 0.349. The van der Waals surface area contributed by atoms with E-state index in [2.05, 4.69) is 5.10 Å². The third-order valence-electron chi connectivity index (χ3n) is 3.80. The van der Waals surface area contributed by atoms with E-state index in [1.54, 1.807) is 52.9 Å². The van der Waals surface area contributed by atoms with Crippen molar-refractivity contribution in [3.8, 4) is 11.3 Å². The lowest BCUT2D eigenvalue weighted by atomic mass is 10.1. The normalized spacial score (nSPS) is 13.4. The van der Waals surface area contributed by atoms with Crippen LogP contribution >= 0.6 is 34.2 Å². The average Bonchev–Trinajstić information content (AvgIpc) is 2.57. The maximum atomic E-state index is 13.9. The van der Waals surface area contributed by atoms with Crippen LogP contribution in [0.25, 0.3) is 11.3 Å². The van der Waals surface area contributed by atoms with E-state index in [-0.39, 0.29) is 5.56 Å². The Kier molecular flexibility index (Phi) is 5.24. The summed E-state index contributed by atoms with van der Waals surface area (Å²) in [5.41, 5.74) is 2.86. The molecule has 0 aliphatic rings. The van der Waals surface area contributed by atoms with Crippen LogP contribution in [0.3, 0.4) is 0 Å². The van der Waals surface area contributed by atoms with Gasteiger partial charge >= 0.3 is 0 Å². The number of alkyl halides is 2. The first kappa shape index (κ1) is 18.1. The van der Waals surface area contributed by atoms with Crippen LogP contribution in [-0.2, 0) is 10.2 Å². The van der Waals surface area contributed by atoms with Gasteiger partial charge in [-0.15, -0.1) is 0 Å². The van der Waals surface area contributed by atoms with E-state index in [0.717, 1.165) is 11.1 Å². The van der Waals surface area contributed by atoms with Crippen molar-refractivity contribution in [1.82, 2.24) is 9.78 Å². The SMILES string of the molecule is CC(F)(I)c1ccc(Cn2nc(-c3ccc(Cl)cc3)ccc2=O)cc1. The average molecular weight is 469 g/mol. The first-order valence-electron chi connectivity index (χ1n) is 7.64. The Morgan fingerprint density at radius 1 is 1.08 bits per heavy atom. The van der Waals surface area contributed by atoms with E-state index in [1.807, 2.05) is 24.3 Å². The van der Waals surface area contributed by atoms with Crippen LogP contribution in [0.2, 0.25) is 5.02 Å². The summed E-state index contributed by atoms with van der Waals surface area (Å²) < 4.78 is 13.9. The summed E-state index contributed by atoms with van der Waals surface area (Å²) >= 11 is 7.66. The monoisotopic (exact) mass is 468 g/mol. The molecular formula is C19H15ClFIN2O. The molecule has 0 N–H and O–H groups in total. The van der Waals surface area contributed by atoms with Gasteiger partial charge < -0.3 is 0 Å². The largest absolute Gasteiger partial charge is 0.268 e. The summed E-state index contributed by atoms with van der Waals surface area (Å²) in [5.74, 6) is 0. The minimum Gasteiger partial charge on any atom is -0.268 e. The van der Waals surface area contributed by atoms with Crippen LogP contribution < -0.4 is 5.56 Å². The molecular weight excluding hydrogens is 454 g/mol. The van der Waals surface area contributed by atoms with Gasteiger partial charge in [-0.1, -0.05) is 48.0 Å². The topological polar surface area (TPSA) is 34.9 Å². The molecule has 3 rings (SSSR count). The van der Waals surface area contributed by atoms with Crippen molar-refractivity contribution >= 4 is 34.2 Å². The molecule has 1 atom stereocenters. The first-order valence-corrected chi connectivity index (χ1v) is 9.10. The first-order chi connectivity index (χ1) is 11.8. The highest BCUT2D eigenvalue weighted by atomic mass is 127. The summed E-state index contributed by atoms with van der Waals surface area (Å²) in [6.07, 6.45) is 0. The third-order valence-corrected chi connectivity index (χ3v) is 4.67. The van der Waals surface area contributed by atoms with E-state index < -0.39 is 3.68 Å². The Balaban J connectivity index is 1.88. The number of aromatic nitrogens is 2. The maximum absolute atomic E-state index is 13.9. The minimum atomic E-state index is -1.42. The summed E-state index contributed by atoms with van der Waals surface area (Å²) in [7, 11) is 0. The Morgan fingerprint density at radius 3 is 2.32 bits per heavy atom. The van der Waals surface area contributed by atoms with Crippen molar-refractivity contribution in [2.75, 3.05) is 0 Å². The molecule has 0 bridgehead atoms. The van der Waals surface area contributed by atoms with Gasteiger partial charge in [-0.05, 0) is 58.8 Å². The molecule has 6 heteroatoms. The van der Waals surface area contributed by atoms with Crippen LogP contribution in [0, 0.1) is 0 Å². The highest BCUT2D eigenvalue weighted by Crippen LogP contribution is 2.32. The summed E-state index contributed by atoms with van der Waals surface area (Å²) in [4.78, 5) is 12.1. The van der Waals surface area contributed by atoms with Gasteiger partial charge in [0.05, 0.1) is 12.2 Å². The Morgan fingerprint density at radius 2 is 1.72 bits per heavy atom.